The quantitative estimate of drug-likeness (QED) is 0.474. The van der Waals surface area contributed by atoms with Crippen molar-refractivity contribution in [1.29, 1.82) is 0 Å². The summed E-state index contributed by atoms with van der Waals surface area (Å²) >= 11 is 1.21. The second-order valence-electron chi connectivity index (χ2n) is 5.71. The van der Waals surface area contributed by atoms with Gasteiger partial charge >= 0.3 is 0 Å². The molecule has 1 heterocycles. The molecule has 0 unspecified atom stereocenters. The van der Waals surface area contributed by atoms with E-state index in [4.69, 9.17) is 13.9 Å². The predicted octanol–water partition coefficient (Wildman–Crippen LogP) is 3.16. The summed E-state index contributed by atoms with van der Waals surface area (Å²) in [7, 11) is 0. The summed E-state index contributed by atoms with van der Waals surface area (Å²) in [6, 6.07) is 7.48. The van der Waals surface area contributed by atoms with Crippen molar-refractivity contribution in [3.8, 4) is 17.2 Å². The Kier molecular flexibility index (Phi) is 8.43. The minimum Gasteiger partial charge on any atom is -0.493 e. The van der Waals surface area contributed by atoms with Crippen LogP contribution in [0.2, 0.25) is 0 Å². The number of rotatable bonds is 11. The maximum atomic E-state index is 11.8. The molecule has 0 aliphatic rings. The molecule has 7 nitrogen and oxygen atoms in total. The molecule has 0 fully saturated rings. The molecule has 0 bridgehead atoms. The van der Waals surface area contributed by atoms with Crippen molar-refractivity contribution in [2.75, 3.05) is 25.5 Å². The largest absolute Gasteiger partial charge is 0.493 e. The number of nitrogens with one attached hydrogen (secondary N) is 1. The summed E-state index contributed by atoms with van der Waals surface area (Å²) < 4.78 is 16.6. The standard InChI is InChI=1S/C18H25N3O4S/c1-4-23-15-9-6-5-8-14(15)17-20-21-18(25-17)26-12-16(22)19-10-7-11-24-13(2)3/h5-6,8-9,13H,4,7,10-12H2,1-3H3,(H,19,22). The lowest BCUT2D eigenvalue weighted by molar-refractivity contribution is -0.118. The van der Waals surface area contributed by atoms with Gasteiger partial charge in [-0.05, 0) is 39.3 Å². The van der Waals surface area contributed by atoms with Crippen LogP contribution in [0.5, 0.6) is 5.75 Å². The average Bonchev–Trinajstić information content (AvgIpc) is 3.09. The maximum Gasteiger partial charge on any atom is 0.277 e. The second kappa shape index (κ2) is 10.8. The average molecular weight is 379 g/mol. The first-order valence-corrected chi connectivity index (χ1v) is 9.65. The second-order valence-corrected chi connectivity index (χ2v) is 6.64. The topological polar surface area (TPSA) is 86.5 Å². The Labute approximate surface area is 157 Å². The fourth-order valence-electron chi connectivity index (χ4n) is 2.10. The summed E-state index contributed by atoms with van der Waals surface area (Å²) in [5.41, 5.74) is 0.739. The third-order valence-electron chi connectivity index (χ3n) is 3.24. The monoisotopic (exact) mass is 379 g/mol. The Balaban J connectivity index is 1.79. The van der Waals surface area contributed by atoms with Crippen molar-refractivity contribution < 1.29 is 18.7 Å². The van der Waals surface area contributed by atoms with Gasteiger partial charge in [0.2, 0.25) is 5.91 Å². The van der Waals surface area contributed by atoms with Gasteiger partial charge in [0.15, 0.2) is 0 Å². The molecule has 0 radical (unpaired) electrons. The van der Waals surface area contributed by atoms with Crippen LogP contribution in [0.25, 0.3) is 11.5 Å². The normalized spacial score (nSPS) is 10.9. The fraction of sp³-hybridized carbons (Fsp3) is 0.500. The number of hydrogen-bond acceptors (Lipinski definition) is 7. The molecular weight excluding hydrogens is 354 g/mol. The molecule has 8 heteroatoms. The zero-order chi connectivity index (χ0) is 18.8. The van der Waals surface area contributed by atoms with Gasteiger partial charge in [-0.25, -0.2) is 0 Å². The zero-order valence-corrected chi connectivity index (χ0v) is 16.2. The van der Waals surface area contributed by atoms with E-state index >= 15 is 0 Å². The highest BCUT2D eigenvalue weighted by atomic mass is 32.2. The van der Waals surface area contributed by atoms with E-state index in [0.29, 0.717) is 36.6 Å². The van der Waals surface area contributed by atoms with E-state index in [1.165, 1.54) is 11.8 Å². The van der Waals surface area contributed by atoms with Gasteiger partial charge in [0.05, 0.1) is 24.0 Å². The Morgan fingerprint density at radius 1 is 1.31 bits per heavy atom. The first-order chi connectivity index (χ1) is 12.6. The van der Waals surface area contributed by atoms with E-state index in [0.717, 1.165) is 12.0 Å². The van der Waals surface area contributed by atoms with Gasteiger partial charge in [0.25, 0.3) is 11.1 Å². The number of aromatic nitrogens is 2. The van der Waals surface area contributed by atoms with Gasteiger partial charge in [-0.15, -0.1) is 10.2 Å². The molecule has 1 N–H and O–H groups in total. The summed E-state index contributed by atoms with van der Waals surface area (Å²) in [6.07, 6.45) is 0.994. The number of hydrogen-bond donors (Lipinski definition) is 1. The SMILES string of the molecule is CCOc1ccccc1-c1nnc(SCC(=O)NCCCOC(C)C)o1. The third kappa shape index (κ3) is 6.68. The summed E-state index contributed by atoms with van der Waals surface area (Å²) in [5, 5.41) is 11.2. The van der Waals surface area contributed by atoms with E-state index in [1.807, 2.05) is 45.0 Å². The number of carbonyl (C=O) groups is 1. The molecule has 0 saturated carbocycles. The van der Waals surface area contributed by atoms with Gasteiger partial charge in [-0.3, -0.25) is 4.79 Å². The number of ether oxygens (including phenoxy) is 2. The molecule has 2 aromatic rings. The first kappa shape index (κ1) is 20.3. The predicted molar refractivity (Wildman–Crippen MR) is 100 cm³/mol. The zero-order valence-electron chi connectivity index (χ0n) is 15.4. The van der Waals surface area contributed by atoms with Crippen LogP contribution in [-0.2, 0) is 9.53 Å². The highest BCUT2D eigenvalue weighted by molar-refractivity contribution is 7.99. The van der Waals surface area contributed by atoms with E-state index in [2.05, 4.69) is 15.5 Å². The molecule has 0 spiro atoms. The number of benzene rings is 1. The molecule has 26 heavy (non-hydrogen) atoms. The van der Waals surface area contributed by atoms with Crippen molar-refractivity contribution in [2.24, 2.45) is 0 Å². The Hall–Kier alpha value is -2.06. The lowest BCUT2D eigenvalue weighted by Crippen LogP contribution is -2.27. The van der Waals surface area contributed by atoms with E-state index in [-0.39, 0.29) is 17.8 Å². The highest BCUT2D eigenvalue weighted by Crippen LogP contribution is 2.30. The number of nitrogens with zero attached hydrogens (tertiary/aromatic N) is 2. The molecule has 2 rings (SSSR count). The van der Waals surface area contributed by atoms with Crippen molar-refractivity contribution in [3.63, 3.8) is 0 Å². The van der Waals surface area contributed by atoms with E-state index in [1.54, 1.807) is 0 Å². The van der Waals surface area contributed by atoms with E-state index < -0.39 is 0 Å². The molecular formula is C18H25N3O4S. The lowest BCUT2D eigenvalue weighted by atomic mass is 10.2. The van der Waals surface area contributed by atoms with Gasteiger partial charge in [0.1, 0.15) is 5.75 Å². The van der Waals surface area contributed by atoms with Crippen LogP contribution in [0.3, 0.4) is 0 Å². The minimum atomic E-state index is -0.0750. The van der Waals surface area contributed by atoms with Crippen molar-refractivity contribution in [1.82, 2.24) is 15.5 Å². The van der Waals surface area contributed by atoms with Crippen LogP contribution in [0.1, 0.15) is 27.2 Å². The van der Waals surface area contributed by atoms with Crippen LogP contribution in [0.15, 0.2) is 33.9 Å². The summed E-state index contributed by atoms with van der Waals surface area (Å²) in [5.74, 6) is 1.22. The first-order valence-electron chi connectivity index (χ1n) is 8.67. The van der Waals surface area contributed by atoms with Crippen LogP contribution in [0.4, 0.5) is 0 Å². The molecule has 0 aliphatic heterocycles. The lowest BCUT2D eigenvalue weighted by Gasteiger charge is -2.07. The summed E-state index contributed by atoms with van der Waals surface area (Å²) in [4.78, 5) is 11.8. The number of para-hydroxylation sites is 1. The Bertz CT molecular complexity index is 691. The molecule has 1 aromatic heterocycles. The fourth-order valence-corrected chi connectivity index (χ4v) is 2.69. The molecule has 142 valence electrons. The van der Waals surface area contributed by atoms with Crippen LogP contribution in [-0.4, -0.2) is 47.7 Å². The summed E-state index contributed by atoms with van der Waals surface area (Å²) in [6.45, 7) is 7.66. The van der Waals surface area contributed by atoms with Crippen molar-refractivity contribution in [3.05, 3.63) is 24.3 Å². The van der Waals surface area contributed by atoms with Crippen molar-refractivity contribution >= 4 is 17.7 Å². The third-order valence-corrected chi connectivity index (χ3v) is 4.06. The van der Waals surface area contributed by atoms with Crippen LogP contribution < -0.4 is 10.1 Å². The molecule has 1 aromatic carbocycles. The molecule has 0 atom stereocenters. The van der Waals surface area contributed by atoms with Crippen LogP contribution >= 0.6 is 11.8 Å². The smallest absolute Gasteiger partial charge is 0.277 e. The molecule has 1 amide bonds. The molecule has 0 aliphatic carbocycles. The van der Waals surface area contributed by atoms with Gasteiger partial charge in [-0.2, -0.15) is 0 Å². The Morgan fingerprint density at radius 2 is 2.12 bits per heavy atom. The van der Waals surface area contributed by atoms with Gasteiger partial charge in [-0.1, -0.05) is 23.9 Å². The van der Waals surface area contributed by atoms with Gasteiger partial charge in [0, 0.05) is 13.2 Å². The Morgan fingerprint density at radius 3 is 2.88 bits per heavy atom. The van der Waals surface area contributed by atoms with Crippen molar-refractivity contribution in [2.45, 2.75) is 38.5 Å². The minimum absolute atomic E-state index is 0.0750. The number of amides is 1. The maximum absolute atomic E-state index is 11.8. The number of thioether (sulfide) groups is 1. The van der Waals surface area contributed by atoms with E-state index in [9.17, 15) is 4.79 Å². The van der Waals surface area contributed by atoms with Crippen LogP contribution in [0, 0.1) is 0 Å². The van der Waals surface area contributed by atoms with Gasteiger partial charge < -0.3 is 19.2 Å². The highest BCUT2D eigenvalue weighted by Gasteiger charge is 2.14. The molecule has 0 saturated heterocycles. The number of carbonyl (C=O) groups excluding carboxylic acids is 1.